The third-order valence-corrected chi connectivity index (χ3v) is 11.9. The van der Waals surface area contributed by atoms with E-state index >= 15 is 0 Å². The fourth-order valence-corrected chi connectivity index (χ4v) is 8.92. The molecule has 1 saturated carbocycles. The number of esters is 1. The first-order chi connectivity index (χ1) is 23.5. The molecule has 8 heteroatoms. The molecule has 0 bridgehead atoms. The highest BCUT2D eigenvalue weighted by molar-refractivity contribution is 7.92. The summed E-state index contributed by atoms with van der Waals surface area (Å²) in [6.45, 7) is 5.30. The Labute approximate surface area is 291 Å². The van der Waals surface area contributed by atoms with Crippen molar-refractivity contribution < 1.29 is 22.7 Å². The van der Waals surface area contributed by atoms with E-state index in [1.165, 1.54) is 6.92 Å². The zero-order valence-corrected chi connectivity index (χ0v) is 30.0. The van der Waals surface area contributed by atoms with E-state index in [-0.39, 0.29) is 22.6 Å². The Bertz CT molecular complexity index is 1810. The van der Waals surface area contributed by atoms with Crippen molar-refractivity contribution >= 4 is 33.1 Å². The van der Waals surface area contributed by atoms with E-state index in [0.29, 0.717) is 17.8 Å². The van der Waals surface area contributed by atoms with Gasteiger partial charge in [0, 0.05) is 38.3 Å². The highest BCUT2D eigenvalue weighted by Crippen LogP contribution is 2.37. The van der Waals surface area contributed by atoms with Crippen LogP contribution in [0.2, 0.25) is 0 Å². The molecule has 1 aliphatic rings. The molecule has 1 amide bonds. The number of rotatable bonds is 12. The monoisotopic (exact) mass is 680 g/mol. The predicted molar refractivity (Wildman–Crippen MR) is 197 cm³/mol. The van der Waals surface area contributed by atoms with Crippen molar-refractivity contribution in [1.82, 2.24) is 0 Å². The number of anilines is 2. The van der Waals surface area contributed by atoms with Crippen molar-refractivity contribution in [2.45, 2.75) is 75.7 Å². The third-order valence-electron chi connectivity index (χ3n) is 9.42. The largest absolute Gasteiger partial charge is 0.456 e. The Morgan fingerprint density at radius 2 is 1.39 bits per heavy atom. The van der Waals surface area contributed by atoms with Crippen molar-refractivity contribution in [2.75, 3.05) is 23.9 Å². The number of ether oxygens (including phenoxy) is 1. The summed E-state index contributed by atoms with van der Waals surface area (Å²) in [5.41, 5.74) is 5.49. The molecule has 0 aliphatic heterocycles. The Morgan fingerprint density at radius 1 is 0.776 bits per heavy atom. The van der Waals surface area contributed by atoms with Gasteiger partial charge < -0.3 is 14.5 Å². The zero-order valence-electron chi connectivity index (χ0n) is 29.2. The first-order valence-electron chi connectivity index (χ1n) is 17.2. The highest BCUT2D eigenvalue weighted by Gasteiger charge is 2.40. The van der Waals surface area contributed by atoms with Gasteiger partial charge in [0.2, 0.25) is 5.91 Å². The summed E-state index contributed by atoms with van der Waals surface area (Å²) < 4.78 is 34.0. The molecule has 2 atom stereocenters. The predicted octanol–water partition coefficient (Wildman–Crippen LogP) is 8.64. The maximum Gasteiger partial charge on any atom is 0.303 e. The Morgan fingerprint density at radius 3 is 1.96 bits per heavy atom. The summed E-state index contributed by atoms with van der Waals surface area (Å²) >= 11 is 0. The van der Waals surface area contributed by atoms with Gasteiger partial charge in [0.05, 0.1) is 11.4 Å². The first kappa shape index (κ1) is 35.9. The van der Waals surface area contributed by atoms with Crippen molar-refractivity contribution in [3.8, 4) is 11.1 Å². The minimum atomic E-state index is -3.90. The van der Waals surface area contributed by atoms with Crippen molar-refractivity contribution in [3.63, 3.8) is 0 Å². The average Bonchev–Trinajstić information content (AvgIpc) is 3.10. The van der Waals surface area contributed by atoms with Crippen LogP contribution in [0.1, 0.15) is 70.1 Å². The molecular weight excluding hydrogens is 633 g/mol. The molecule has 0 aromatic heterocycles. The fraction of sp³-hybridized carbons (Fsp3) is 0.366. The molecule has 0 saturated heterocycles. The second-order valence-corrected chi connectivity index (χ2v) is 15.7. The van der Waals surface area contributed by atoms with Gasteiger partial charge in [-0.1, -0.05) is 99.8 Å². The SMILES string of the molecule is CC(=O)OC(c1cccc(N(Cc2ccc(-c3ccc(N(C)C)cc3)cc2)C(=O)C2CCCCC2)c1)C(C(C)C)S(=O)(=O)c1ccccc1. The van der Waals surface area contributed by atoms with E-state index < -0.39 is 27.2 Å². The zero-order chi connectivity index (χ0) is 35.1. The van der Waals surface area contributed by atoms with Gasteiger partial charge in [0.15, 0.2) is 9.84 Å². The van der Waals surface area contributed by atoms with Gasteiger partial charge in [0.25, 0.3) is 0 Å². The lowest BCUT2D eigenvalue weighted by Gasteiger charge is -2.32. The molecule has 49 heavy (non-hydrogen) atoms. The third kappa shape index (κ3) is 8.60. The number of sulfone groups is 1. The first-order valence-corrected chi connectivity index (χ1v) is 18.7. The van der Waals surface area contributed by atoms with E-state index in [2.05, 4.69) is 53.4 Å². The van der Waals surface area contributed by atoms with E-state index in [9.17, 15) is 18.0 Å². The van der Waals surface area contributed by atoms with Crippen LogP contribution >= 0.6 is 0 Å². The summed E-state index contributed by atoms with van der Waals surface area (Å²) in [5.74, 6) is -0.980. The van der Waals surface area contributed by atoms with Gasteiger partial charge in [-0.05, 0) is 77.4 Å². The van der Waals surface area contributed by atoms with Gasteiger partial charge >= 0.3 is 5.97 Å². The van der Waals surface area contributed by atoms with Crippen LogP contribution in [0.3, 0.4) is 0 Å². The van der Waals surface area contributed by atoms with E-state index in [0.717, 1.165) is 54.5 Å². The van der Waals surface area contributed by atoms with Crippen LogP contribution in [0, 0.1) is 11.8 Å². The standard InChI is InChI=1S/C41H48N2O5S/c1-29(2)40(49(46,47)38-17-10-7-11-18-38)39(48-30(3)44)35-15-12-16-37(27-35)43(41(45)34-13-8-6-9-14-34)28-31-19-21-32(22-20-31)33-23-25-36(26-24-33)42(4)5/h7,10-12,15-27,29,34,39-40H,6,8-9,13-14,28H2,1-5H3. The quantitative estimate of drug-likeness (QED) is 0.139. The molecule has 2 unspecified atom stereocenters. The molecule has 0 spiro atoms. The summed E-state index contributed by atoms with van der Waals surface area (Å²) in [7, 11) is 0.137. The Hall–Kier alpha value is -4.43. The second-order valence-electron chi connectivity index (χ2n) is 13.6. The number of amides is 1. The van der Waals surface area contributed by atoms with E-state index in [4.69, 9.17) is 4.74 Å². The summed E-state index contributed by atoms with van der Waals surface area (Å²) in [6.07, 6.45) is 3.79. The molecule has 0 N–H and O–H groups in total. The van der Waals surface area contributed by atoms with Crippen molar-refractivity contribution in [3.05, 3.63) is 114 Å². The van der Waals surface area contributed by atoms with Gasteiger partial charge in [-0.2, -0.15) is 0 Å². The highest BCUT2D eigenvalue weighted by atomic mass is 32.2. The van der Waals surface area contributed by atoms with Gasteiger partial charge in [-0.3, -0.25) is 9.59 Å². The fourth-order valence-electron chi connectivity index (χ4n) is 6.81. The van der Waals surface area contributed by atoms with Crippen LogP contribution in [0.15, 0.2) is 108 Å². The normalized spacial score (nSPS) is 15.0. The lowest BCUT2D eigenvalue weighted by atomic mass is 9.88. The van der Waals surface area contributed by atoms with Crippen LogP contribution in [0.25, 0.3) is 11.1 Å². The smallest absolute Gasteiger partial charge is 0.303 e. The second kappa shape index (κ2) is 15.9. The summed E-state index contributed by atoms with van der Waals surface area (Å²) in [6, 6.07) is 32.3. The van der Waals surface area contributed by atoms with Gasteiger partial charge in [0.1, 0.15) is 11.4 Å². The Kier molecular flexibility index (Phi) is 11.6. The van der Waals surface area contributed by atoms with Crippen LogP contribution in [0.4, 0.5) is 11.4 Å². The number of nitrogens with zero attached hydrogens (tertiary/aromatic N) is 2. The minimum absolute atomic E-state index is 0.0570. The molecule has 0 radical (unpaired) electrons. The Balaban J connectivity index is 1.51. The maximum absolute atomic E-state index is 14.3. The van der Waals surface area contributed by atoms with Crippen LogP contribution < -0.4 is 9.80 Å². The topological polar surface area (TPSA) is 84.0 Å². The number of benzene rings is 4. The molecule has 4 aromatic rings. The van der Waals surface area contributed by atoms with E-state index in [1.54, 1.807) is 36.4 Å². The molecule has 7 nitrogen and oxygen atoms in total. The van der Waals surface area contributed by atoms with Crippen LogP contribution in [0.5, 0.6) is 0 Å². The van der Waals surface area contributed by atoms with Crippen molar-refractivity contribution in [2.24, 2.45) is 11.8 Å². The lowest BCUT2D eigenvalue weighted by Crippen LogP contribution is -2.37. The molecule has 4 aromatic carbocycles. The molecule has 0 heterocycles. The number of hydrogen-bond acceptors (Lipinski definition) is 6. The molecule has 1 aliphatic carbocycles. The van der Waals surface area contributed by atoms with Gasteiger partial charge in [-0.25, -0.2) is 8.42 Å². The van der Waals surface area contributed by atoms with Gasteiger partial charge in [-0.15, -0.1) is 0 Å². The van der Waals surface area contributed by atoms with Crippen molar-refractivity contribution in [1.29, 1.82) is 0 Å². The van der Waals surface area contributed by atoms with Crippen LogP contribution in [-0.2, 0) is 30.7 Å². The minimum Gasteiger partial charge on any atom is -0.456 e. The van der Waals surface area contributed by atoms with E-state index in [1.807, 2.05) is 51.0 Å². The molecular formula is C41H48N2O5S. The maximum atomic E-state index is 14.3. The molecule has 5 rings (SSSR count). The summed E-state index contributed by atoms with van der Waals surface area (Å²) in [5, 5.41) is -1.05. The lowest BCUT2D eigenvalue weighted by molar-refractivity contribution is -0.147. The number of carbonyl (C=O) groups is 2. The summed E-state index contributed by atoms with van der Waals surface area (Å²) in [4.78, 5) is 30.8. The molecule has 258 valence electrons. The number of carbonyl (C=O) groups excluding carboxylic acids is 2. The molecule has 1 fully saturated rings. The number of hydrogen-bond donors (Lipinski definition) is 0. The average molecular weight is 681 g/mol. The van der Waals surface area contributed by atoms with Crippen LogP contribution in [-0.4, -0.2) is 39.6 Å².